The van der Waals surface area contributed by atoms with Crippen molar-refractivity contribution in [3.05, 3.63) is 35.7 Å². The lowest BCUT2D eigenvalue weighted by atomic mass is 10.1. The lowest BCUT2D eigenvalue weighted by molar-refractivity contribution is 0.418. The van der Waals surface area contributed by atoms with Crippen LogP contribution in [0.15, 0.2) is 29.1 Å². The zero-order valence-corrected chi connectivity index (χ0v) is 7.61. The number of hydrogen-bond donors (Lipinski definition) is 0. The van der Waals surface area contributed by atoms with Gasteiger partial charge >= 0.3 is 0 Å². The van der Waals surface area contributed by atoms with Crippen LogP contribution in [0.5, 0.6) is 0 Å². The van der Waals surface area contributed by atoms with E-state index in [-0.39, 0.29) is 0 Å². The van der Waals surface area contributed by atoms with E-state index in [0.717, 1.165) is 11.1 Å². The molecule has 0 amide bonds. The maximum absolute atomic E-state index is 4.70. The van der Waals surface area contributed by atoms with Gasteiger partial charge in [0.25, 0.3) is 0 Å². The molecule has 1 heterocycles. The van der Waals surface area contributed by atoms with Crippen LogP contribution in [-0.2, 0) is 0 Å². The number of nitrogens with zero attached hydrogens (tertiary/aromatic N) is 2. The Kier molecular flexibility index (Phi) is 1.85. The van der Waals surface area contributed by atoms with Gasteiger partial charge in [0.15, 0.2) is 0 Å². The van der Waals surface area contributed by atoms with Crippen molar-refractivity contribution in [3.63, 3.8) is 0 Å². The Morgan fingerprint density at radius 2 is 2.08 bits per heavy atom. The lowest BCUT2D eigenvalue weighted by Crippen LogP contribution is -1.86. The molecule has 3 heteroatoms. The van der Waals surface area contributed by atoms with Gasteiger partial charge in [0.1, 0.15) is 0 Å². The Hall–Kier alpha value is -1.64. The van der Waals surface area contributed by atoms with Crippen LogP contribution in [0.25, 0.3) is 11.4 Å². The van der Waals surface area contributed by atoms with Crippen molar-refractivity contribution in [2.75, 3.05) is 0 Å². The second kappa shape index (κ2) is 3.01. The minimum Gasteiger partial charge on any atom is -0.342 e. The van der Waals surface area contributed by atoms with Gasteiger partial charge in [-0.15, -0.1) is 0 Å². The minimum absolute atomic E-state index is 0.654. The summed E-state index contributed by atoms with van der Waals surface area (Å²) in [4.78, 5) is 4.01. The van der Waals surface area contributed by atoms with Gasteiger partial charge in [-0.1, -0.05) is 22.9 Å². The highest BCUT2D eigenvalue weighted by atomic mass is 16.5. The summed E-state index contributed by atoms with van der Waals surface area (Å²) < 4.78 is 4.70. The molecule has 0 spiro atoms. The van der Waals surface area contributed by atoms with Crippen molar-refractivity contribution in [2.45, 2.75) is 13.8 Å². The fourth-order valence-electron chi connectivity index (χ4n) is 1.27. The highest BCUT2D eigenvalue weighted by Gasteiger charge is 2.05. The summed E-state index contributed by atoms with van der Waals surface area (Å²) in [5, 5.41) is 3.80. The van der Waals surface area contributed by atoms with E-state index in [9.17, 15) is 0 Å². The average molecular weight is 174 g/mol. The van der Waals surface area contributed by atoms with Crippen LogP contribution in [0.4, 0.5) is 0 Å². The van der Waals surface area contributed by atoms with Crippen LogP contribution in [-0.4, -0.2) is 10.1 Å². The van der Waals surface area contributed by atoms with Crippen molar-refractivity contribution in [3.8, 4) is 11.4 Å². The van der Waals surface area contributed by atoms with Crippen LogP contribution in [0.2, 0.25) is 0 Å². The van der Waals surface area contributed by atoms with Crippen LogP contribution in [0, 0.1) is 13.8 Å². The first kappa shape index (κ1) is 7.98. The summed E-state index contributed by atoms with van der Waals surface area (Å²) in [5.74, 6) is 0.654. The Morgan fingerprint density at radius 3 is 2.77 bits per heavy atom. The fraction of sp³-hybridized carbons (Fsp3) is 0.200. The third kappa shape index (κ3) is 1.45. The molecular formula is C10H10N2O. The van der Waals surface area contributed by atoms with Crippen molar-refractivity contribution < 1.29 is 4.52 Å². The summed E-state index contributed by atoms with van der Waals surface area (Å²) in [6.07, 6.45) is 1.34. The first-order chi connectivity index (χ1) is 6.27. The molecule has 0 fully saturated rings. The third-order valence-corrected chi connectivity index (χ3v) is 2.00. The van der Waals surface area contributed by atoms with E-state index in [2.05, 4.69) is 28.3 Å². The first-order valence-corrected chi connectivity index (χ1v) is 4.11. The average Bonchev–Trinajstić information content (AvgIpc) is 2.61. The van der Waals surface area contributed by atoms with Gasteiger partial charge in [-0.05, 0) is 25.5 Å². The largest absolute Gasteiger partial charge is 0.342 e. The molecule has 3 nitrogen and oxygen atoms in total. The Balaban J connectivity index is 2.57. The molecule has 0 unspecified atom stereocenters. The predicted octanol–water partition coefficient (Wildman–Crippen LogP) is 2.35. The van der Waals surface area contributed by atoms with Gasteiger partial charge < -0.3 is 4.52 Å². The maximum atomic E-state index is 4.70. The smallest absolute Gasteiger partial charge is 0.214 e. The van der Waals surface area contributed by atoms with Gasteiger partial charge in [0.05, 0.1) is 0 Å². The zero-order valence-electron chi connectivity index (χ0n) is 7.61. The van der Waals surface area contributed by atoms with E-state index in [1.807, 2.05) is 13.8 Å². The molecule has 1 aromatic heterocycles. The molecule has 0 aliphatic heterocycles. The van der Waals surface area contributed by atoms with Gasteiger partial charge in [-0.25, -0.2) is 0 Å². The Bertz CT molecular complexity index is 407. The summed E-state index contributed by atoms with van der Waals surface area (Å²) in [7, 11) is 0. The Morgan fingerprint density at radius 1 is 1.23 bits per heavy atom. The molecule has 0 N–H and O–H groups in total. The van der Waals surface area contributed by atoms with E-state index in [1.54, 1.807) is 0 Å². The van der Waals surface area contributed by atoms with E-state index in [0.29, 0.717) is 5.82 Å². The fourth-order valence-corrected chi connectivity index (χ4v) is 1.27. The van der Waals surface area contributed by atoms with Crippen molar-refractivity contribution in [2.24, 2.45) is 0 Å². The zero-order chi connectivity index (χ0) is 9.26. The molecule has 0 saturated carbocycles. The lowest BCUT2D eigenvalue weighted by Gasteiger charge is -2.01. The van der Waals surface area contributed by atoms with Crippen LogP contribution in [0.3, 0.4) is 0 Å². The summed E-state index contributed by atoms with van der Waals surface area (Å²) in [5.41, 5.74) is 3.39. The van der Waals surface area contributed by atoms with Gasteiger partial charge in [-0.3, -0.25) is 0 Å². The van der Waals surface area contributed by atoms with Gasteiger partial charge in [0.2, 0.25) is 12.2 Å². The first-order valence-electron chi connectivity index (χ1n) is 4.11. The summed E-state index contributed by atoms with van der Waals surface area (Å²) in [6.45, 7) is 4.08. The SMILES string of the molecule is Cc1ccc(C)c(-c2ncon2)c1. The molecule has 0 aliphatic rings. The molecule has 0 atom stereocenters. The van der Waals surface area contributed by atoms with E-state index in [1.165, 1.54) is 12.0 Å². The quantitative estimate of drug-likeness (QED) is 0.666. The highest BCUT2D eigenvalue weighted by molar-refractivity contribution is 5.60. The topological polar surface area (TPSA) is 38.9 Å². The molecule has 0 radical (unpaired) electrons. The van der Waals surface area contributed by atoms with Crippen molar-refractivity contribution in [1.82, 2.24) is 10.1 Å². The maximum Gasteiger partial charge on any atom is 0.214 e. The van der Waals surface area contributed by atoms with E-state index < -0.39 is 0 Å². The number of hydrogen-bond acceptors (Lipinski definition) is 3. The molecule has 66 valence electrons. The molecule has 1 aromatic carbocycles. The second-order valence-electron chi connectivity index (χ2n) is 3.07. The number of benzene rings is 1. The molecule has 2 rings (SSSR count). The summed E-state index contributed by atoms with van der Waals surface area (Å²) in [6, 6.07) is 6.18. The standard InChI is InChI=1S/C10H10N2O/c1-7-3-4-8(2)9(5-7)10-11-6-13-12-10/h3-6H,1-2H3. The molecular weight excluding hydrogens is 164 g/mol. The van der Waals surface area contributed by atoms with E-state index >= 15 is 0 Å². The molecule has 0 aliphatic carbocycles. The third-order valence-electron chi connectivity index (χ3n) is 2.00. The van der Waals surface area contributed by atoms with Crippen molar-refractivity contribution in [1.29, 1.82) is 0 Å². The van der Waals surface area contributed by atoms with Crippen LogP contribution < -0.4 is 0 Å². The van der Waals surface area contributed by atoms with Gasteiger partial charge in [0, 0.05) is 5.56 Å². The molecule has 2 aromatic rings. The number of aryl methyl sites for hydroxylation is 2. The normalized spacial score (nSPS) is 10.3. The van der Waals surface area contributed by atoms with Crippen LogP contribution in [0.1, 0.15) is 11.1 Å². The van der Waals surface area contributed by atoms with Crippen molar-refractivity contribution >= 4 is 0 Å². The second-order valence-corrected chi connectivity index (χ2v) is 3.07. The minimum atomic E-state index is 0.654. The highest BCUT2D eigenvalue weighted by Crippen LogP contribution is 2.20. The molecule has 13 heavy (non-hydrogen) atoms. The predicted molar refractivity (Wildman–Crippen MR) is 49.2 cm³/mol. The van der Waals surface area contributed by atoms with E-state index in [4.69, 9.17) is 4.52 Å². The monoisotopic (exact) mass is 174 g/mol. The molecule has 0 saturated heterocycles. The summed E-state index contributed by atoms with van der Waals surface area (Å²) >= 11 is 0. The van der Waals surface area contributed by atoms with Gasteiger partial charge in [-0.2, -0.15) is 4.98 Å². The molecule has 0 bridgehead atoms. The van der Waals surface area contributed by atoms with Crippen LogP contribution >= 0.6 is 0 Å². The Labute approximate surface area is 76.4 Å². The number of aromatic nitrogens is 2. The number of rotatable bonds is 1.